The molecule has 5 nitrogen and oxygen atoms in total. The van der Waals surface area contributed by atoms with Gasteiger partial charge < -0.3 is 5.32 Å². The number of rotatable bonds is 7. The summed E-state index contributed by atoms with van der Waals surface area (Å²) in [6, 6.07) is 7.32. The smallest absolute Gasteiger partial charge is 0.277 e. The minimum Gasteiger partial charge on any atom is -0.317 e. The molecule has 0 unspecified atom stereocenters. The van der Waals surface area contributed by atoms with E-state index in [4.69, 9.17) is 0 Å². The molecule has 102 valence electrons. The van der Waals surface area contributed by atoms with Crippen LogP contribution in [0.5, 0.6) is 0 Å². The fourth-order valence-corrected chi connectivity index (χ4v) is 1.98. The Hall–Kier alpha value is -1.75. The highest BCUT2D eigenvalue weighted by molar-refractivity contribution is 5.76. The van der Waals surface area contributed by atoms with E-state index in [1.165, 1.54) is 4.68 Å². The van der Waals surface area contributed by atoms with Gasteiger partial charge in [0.2, 0.25) is 0 Å². The van der Waals surface area contributed by atoms with Gasteiger partial charge in [0.15, 0.2) is 0 Å². The number of aryl methyl sites for hydroxylation is 1. The van der Waals surface area contributed by atoms with E-state index in [9.17, 15) is 4.79 Å². The summed E-state index contributed by atoms with van der Waals surface area (Å²) < 4.78 is 1.46. The topological polar surface area (TPSA) is 59.8 Å². The first kappa shape index (κ1) is 13.7. The molecule has 0 atom stereocenters. The highest BCUT2D eigenvalue weighted by Crippen LogP contribution is 2.03. The lowest BCUT2D eigenvalue weighted by Gasteiger charge is -2.05. The Morgan fingerprint density at radius 2 is 2.05 bits per heavy atom. The fourth-order valence-electron chi connectivity index (χ4n) is 1.98. The predicted molar refractivity (Wildman–Crippen MR) is 76.2 cm³/mol. The molecule has 0 spiro atoms. The number of nitrogens with one attached hydrogen (secondary N) is 1. The molecule has 1 aromatic carbocycles. The fraction of sp³-hybridized carbons (Fsp3) is 0.500. The summed E-state index contributed by atoms with van der Waals surface area (Å²) in [5.41, 5.74) is 0.612. The average Bonchev–Trinajstić information content (AvgIpc) is 2.45. The van der Waals surface area contributed by atoms with E-state index in [0.717, 1.165) is 32.4 Å². The molecular weight excluding hydrogens is 240 g/mol. The number of hydrogen-bond donors (Lipinski definition) is 1. The summed E-state index contributed by atoms with van der Waals surface area (Å²) in [5.74, 6) is 0. The number of fused-ring (bicyclic) bond motifs is 1. The predicted octanol–water partition coefficient (Wildman–Crippen LogP) is 1.57. The van der Waals surface area contributed by atoms with E-state index in [2.05, 4.69) is 22.6 Å². The molecule has 2 aromatic rings. The van der Waals surface area contributed by atoms with Crippen molar-refractivity contribution in [1.29, 1.82) is 0 Å². The van der Waals surface area contributed by atoms with Crippen LogP contribution < -0.4 is 10.9 Å². The van der Waals surface area contributed by atoms with Gasteiger partial charge in [0.25, 0.3) is 5.56 Å². The molecule has 1 heterocycles. The summed E-state index contributed by atoms with van der Waals surface area (Å²) in [6.45, 7) is 4.82. The zero-order valence-corrected chi connectivity index (χ0v) is 11.3. The highest BCUT2D eigenvalue weighted by atomic mass is 16.1. The molecule has 0 aliphatic carbocycles. The summed E-state index contributed by atoms with van der Waals surface area (Å²) in [7, 11) is 0. The lowest BCUT2D eigenvalue weighted by molar-refractivity contribution is 0.499. The van der Waals surface area contributed by atoms with Crippen LogP contribution in [-0.2, 0) is 6.54 Å². The van der Waals surface area contributed by atoms with Crippen molar-refractivity contribution in [2.45, 2.75) is 32.7 Å². The van der Waals surface area contributed by atoms with E-state index >= 15 is 0 Å². The van der Waals surface area contributed by atoms with Crippen LogP contribution in [0.15, 0.2) is 29.1 Å². The van der Waals surface area contributed by atoms with Crippen molar-refractivity contribution in [1.82, 2.24) is 20.3 Å². The number of aromatic nitrogens is 3. The Kier molecular flexibility index (Phi) is 5.03. The van der Waals surface area contributed by atoms with Crippen molar-refractivity contribution in [3.63, 3.8) is 0 Å². The van der Waals surface area contributed by atoms with Gasteiger partial charge >= 0.3 is 0 Å². The van der Waals surface area contributed by atoms with E-state index in [1.807, 2.05) is 18.2 Å². The largest absolute Gasteiger partial charge is 0.317 e. The quantitative estimate of drug-likeness (QED) is 0.768. The van der Waals surface area contributed by atoms with Crippen molar-refractivity contribution < 1.29 is 0 Å². The third kappa shape index (κ3) is 3.61. The molecule has 5 heteroatoms. The molecule has 1 N–H and O–H groups in total. The van der Waals surface area contributed by atoms with Crippen LogP contribution in [0.1, 0.15) is 26.2 Å². The molecule has 0 saturated carbocycles. The SMILES string of the molecule is CCCNCCCCn1nnc2ccccc2c1=O. The van der Waals surface area contributed by atoms with Crippen LogP contribution >= 0.6 is 0 Å². The van der Waals surface area contributed by atoms with Gasteiger partial charge in [-0.2, -0.15) is 0 Å². The van der Waals surface area contributed by atoms with Gasteiger partial charge in [0.1, 0.15) is 5.52 Å². The van der Waals surface area contributed by atoms with E-state index < -0.39 is 0 Å². The van der Waals surface area contributed by atoms with Crippen molar-refractivity contribution in [3.8, 4) is 0 Å². The molecule has 0 aliphatic heterocycles. The Morgan fingerprint density at radius 1 is 1.21 bits per heavy atom. The Morgan fingerprint density at radius 3 is 2.89 bits per heavy atom. The third-order valence-electron chi connectivity index (χ3n) is 3.03. The molecule has 0 saturated heterocycles. The zero-order chi connectivity index (χ0) is 13.5. The Labute approximate surface area is 112 Å². The summed E-state index contributed by atoms with van der Waals surface area (Å²) >= 11 is 0. The Bertz CT molecular complexity index is 579. The first-order valence-corrected chi connectivity index (χ1v) is 6.86. The molecule has 2 rings (SSSR count). The molecule has 0 bridgehead atoms. The zero-order valence-electron chi connectivity index (χ0n) is 11.3. The molecular formula is C14H20N4O. The van der Waals surface area contributed by atoms with Crippen LogP contribution in [0.25, 0.3) is 10.9 Å². The molecule has 0 radical (unpaired) electrons. The van der Waals surface area contributed by atoms with Crippen molar-refractivity contribution >= 4 is 10.9 Å². The van der Waals surface area contributed by atoms with Gasteiger partial charge in [-0.15, -0.1) is 5.10 Å². The first-order valence-electron chi connectivity index (χ1n) is 6.86. The lowest BCUT2D eigenvalue weighted by Crippen LogP contribution is -2.25. The summed E-state index contributed by atoms with van der Waals surface area (Å²) in [6.07, 6.45) is 3.13. The maximum absolute atomic E-state index is 12.1. The monoisotopic (exact) mass is 260 g/mol. The van der Waals surface area contributed by atoms with Gasteiger partial charge in [0, 0.05) is 6.54 Å². The second kappa shape index (κ2) is 6.99. The number of hydrogen-bond acceptors (Lipinski definition) is 4. The molecule has 0 amide bonds. The number of benzene rings is 1. The van der Waals surface area contributed by atoms with Gasteiger partial charge in [-0.05, 0) is 44.5 Å². The molecule has 19 heavy (non-hydrogen) atoms. The highest BCUT2D eigenvalue weighted by Gasteiger charge is 2.03. The third-order valence-corrected chi connectivity index (χ3v) is 3.03. The minimum atomic E-state index is -0.0490. The lowest BCUT2D eigenvalue weighted by atomic mass is 10.2. The van der Waals surface area contributed by atoms with Gasteiger partial charge in [0.05, 0.1) is 5.39 Å². The number of unbranched alkanes of at least 4 members (excludes halogenated alkanes) is 1. The average molecular weight is 260 g/mol. The van der Waals surface area contributed by atoms with E-state index in [0.29, 0.717) is 17.4 Å². The molecule has 0 fully saturated rings. The summed E-state index contributed by atoms with van der Waals surface area (Å²) in [5, 5.41) is 12.0. The van der Waals surface area contributed by atoms with Gasteiger partial charge in [-0.1, -0.05) is 24.3 Å². The normalized spacial score (nSPS) is 11.0. The van der Waals surface area contributed by atoms with Gasteiger partial charge in [-0.25, -0.2) is 4.68 Å². The molecule has 0 aliphatic rings. The van der Waals surface area contributed by atoms with Crippen molar-refractivity contribution in [3.05, 3.63) is 34.6 Å². The van der Waals surface area contributed by atoms with Gasteiger partial charge in [-0.3, -0.25) is 4.79 Å². The number of nitrogens with zero attached hydrogens (tertiary/aromatic N) is 3. The summed E-state index contributed by atoms with van der Waals surface area (Å²) in [4.78, 5) is 12.1. The minimum absolute atomic E-state index is 0.0490. The second-order valence-corrected chi connectivity index (χ2v) is 4.59. The second-order valence-electron chi connectivity index (χ2n) is 4.59. The van der Waals surface area contributed by atoms with Crippen molar-refractivity contribution in [2.24, 2.45) is 0 Å². The maximum atomic E-state index is 12.1. The molecule has 1 aromatic heterocycles. The van der Waals surface area contributed by atoms with Crippen LogP contribution in [-0.4, -0.2) is 28.1 Å². The van der Waals surface area contributed by atoms with Crippen LogP contribution in [0.3, 0.4) is 0 Å². The first-order chi connectivity index (χ1) is 9.33. The van der Waals surface area contributed by atoms with E-state index in [1.54, 1.807) is 6.07 Å². The van der Waals surface area contributed by atoms with Crippen molar-refractivity contribution in [2.75, 3.05) is 13.1 Å². The van der Waals surface area contributed by atoms with Crippen LogP contribution in [0.2, 0.25) is 0 Å². The van der Waals surface area contributed by atoms with E-state index in [-0.39, 0.29) is 5.56 Å². The van der Waals surface area contributed by atoms with Crippen LogP contribution in [0, 0.1) is 0 Å². The van der Waals surface area contributed by atoms with Crippen LogP contribution in [0.4, 0.5) is 0 Å². The maximum Gasteiger partial charge on any atom is 0.277 e. The Balaban J connectivity index is 1.94. The standard InChI is InChI=1S/C14H20N4O/c1-2-9-15-10-5-6-11-18-14(19)12-7-3-4-8-13(12)16-17-18/h3-4,7-8,15H,2,5-6,9-11H2,1H3.